The van der Waals surface area contributed by atoms with E-state index in [-0.39, 0.29) is 12.1 Å². The van der Waals surface area contributed by atoms with E-state index in [0.717, 1.165) is 18.0 Å². The fourth-order valence-corrected chi connectivity index (χ4v) is 1.75. The first-order chi connectivity index (χ1) is 10.1. The number of aromatic nitrogens is 2. The van der Waals surface area contributed by atoms with Crippen LogP contribution in [0.2, 0.25) is 0 Å². The predicted octanol–water partition coefficient (Wildman–Crippen LogP) is 0.196. The summed E-state index contributed by atoms with van der Waals surface area (Å²) in [5.41, 5.74) is 0.305. The standard InChI is InChI=1S/C14H13N3O4/c18-12-8-15-11(7-16-12)13(19)17-10(14(20)21)6-9-4-2-1-3-5-9/h1-5,7-8,10H,6H2,(H,16,18)(H,17,19)(H,20,21)/t10-/m1/s1. The van der Waals surface area contributed by atoms with E-state index in [9.17, 15) is 19.5 Å². The second-order valence-corrected chi connectivity index (χ2v) is 4.35. The van der Waals surface area contributed by atoms with Gasteiger partial charge in [0.15, 0.2) is 0 Å². The van der Waals surface area contributed by atoms with Crippen molar-refractivity contribution in [1.82, 2.24) is 15.3 Å². The molecule has 21 heavy (non-hydrogen) atoms. The van der Waals surface area contributed by atoms with E-state index in [2.05, 4.69) is 15.3 Å². The number of nitrogens with zero attached hydrogens (tertiary/aromatic N) is 1. The van der Waals surface area contributed by atoms with E-state index >= 15 is 0 Å². The molecule has 3 N–H and O–H groups in total. The summed E-state index contributed by atoms with van der Waals surface area (Å²) in [7, 11) is 0. The van der Waals surface area contributed by atoms with Crippen molar-refractivity contribution in [3.8, 4) is 0 Å². The van der Waals surface area contributed by atoms with Crippen LogP contribution in [0.15, 0.2) is 47.5 Å². The number of aromatic amines is 1. The minimum Gasteiger partial charge on any atom is -0.480 e. The Labute approximate surface area is 119 Å². The van der Waals surface area contributed by atoms with Gasteiger partial charge in [0.2, 0.25) is 0 Å². The molecule has 1 aromatic heterocycles. The molecule has 7 heteroatoms. The lowest BCUT2D eigenvalue weighted by Crippen LogP contribution is -2.42. The normalized spacial score (nSPS) is 11.6. The fourth-order valence-electron chi connectivity index (χ4n) is 1.75. The maximum absolute atomic E-state index is 11.9. The first kappa shape index (κ1) is 14.4. The fraction of sp³-hybridized carbons (Fsp3) is 0.143. The maximum atomic E-state index is 11.9. The van der Waals surface area contributed by atoms with Crippen molar-refractivity contribution in [3.05, 3.63) is 64.3 Å². The van der Waals surface area contributed by atoms with Crippen LogP contribution in [0.1, 0.15) is 16.1 Å². The SMILES string of the molecule is O=C(N[C@H](Cc1ccccc1)C(=O)O)c1c[nH]c(=O)cn1. The molecule has 0 bridgehead atoms. The van der Waals surface area contributed by atoms with E-state index in [1.165, 1.54) is 0 Å². The first-order valence-corrected chi connectivity index (χ1v) is 6.18. The highest BCUT2D eigenvalue weighted by Gasteiger charge is 2.21. The number of carboxylic acid groups (broad SMARTS) is 1. The van der Waals surface area contributed by atoms with Crippen LogP contribution in [0.25, 0.3) is 0 Å². The van der Waals surface area contributed by atoms with Crippen LogP contribution in [-0.2, 0) is 11.2 Å². The lowest BCUT2D eigenvalue weighted by Gasteiger charge is -2.14. The summed E-state index contributed by atoms with van der Waals surface area (Å²) in [5, 5.41) is 11.6. The second kappa shape index (κ2) is 6.47. The Morgan fingerprint density at radius 3 is 2.57 bits per heavy atom. The molecule has 0 aliphatic rings. The number of carboxylic acids is 1. The van der Waals surface area contributed by atoms with Crippen molar-refractivity contribution in [2.75, 3.05) is 0 Å². The van der Waals surface area contributed by atoms with E-state index < -0.39 is 23.5 Å². The average molecular weight is 287 g/mol. The third-order valence-electron chi connectivity index (χ3n) is 2.79. The summed E-state index contributed by atoms with van der Waals surface area (Å²) >= 11 is 0. The first-order valence-electron chi connectivity index (χ1n) is 6.18. The Hall–Kier alpha value is -2.96. The lowest BCUT2D eigenvalue weighted by molar-refractivity contribution is -0.139. The van der Waals surface area contributed by atoms with Crippen LogP contribution < -0.4 is 10.9 Å². The van der Waals surface area contributed by atoms with Crippen molar-refractivity contribution in [2.24, 2.45) is 0 Å². The highest BCUT2D eigenvalue weighted by molar-refractivity contribution is 5.94. The van der Waals surface area contributed by atoms with Gasteiger partial charge in [-0.05, 0) is 5.56 Å². The number of hydrogen-bond acceptors (Lipinski definition) is 4. The van der Waals surface area contributed by atoms with Crippen molar-refractivity contribution in [3.63, 3.8) is 0 Å². The molecule has 0 unspecified atom stereocenters. The topological polar surface area (TPSA) is 112 Å². The summed E-state index contributed by atoms with van der Waals surface area (Å²) in [6.07, 6.45) is 2.26. The van der Waals surface area contributed by atoms with Crippen LogP contribution in [0.5, 0.6) is 0 Å². The minimum atomic E-state index is -1.14. The summed E-state index contributed by atoms with van der Waals surface area (Å²) < 4.78 is 0. The Kier molecular flexibility index (Phi) is 4.45. The zero-order chi connectivity index (χ0) is 15.2. The Morgan fingerprint density at radius 2 is 2.00 bits per heavy atom. The minimum absolute atomic E-state index is 0.0473. The van der Waals surface area contributed by atoms with Crippen LogP contribution in [-0.4, -0.2) is 33.0 Å². The lowest BCUT2D eigenvalue weighted by atomic mass is 10.1. The molecular formula is C14H13N3O4. The van der Waals surface area contributed by atoms with Crippen molar-refractivity contribution >= 4 is 11.9 Å². The van der Waals surface area contributed by atoms with Gasteiger partial charge < -0.3 is 15.4 Å². The van der Waals surface area contributed by atoms with Crippen LogP contribution in [0.4, 0.5) is 0 Å². The van der Waals surface area contributed by atoms with E-state index in [1.807, 2.05) is 6.07 Å². The molecule has 0 fully saturated rings. The largest absolute Gasteiger partial charge is 0.480 e. The van der Waals surface area contributed by atoms with Gasteiger partial charge in [-0.2, -0.15) is 0 Å². The molecule has 0 spiro atoms. The number of nitrogens with one attached hydrogen (secondary N) is 2. The smallest absolute Gasteiger partial charge is 0.326 e. The zero-order valence-electron chi connectivity index (χ0n) is 10.9. The summed E-state index contributed by atoms with van der Waals surface area (Å²) in [4.78, 5) is 40.0. The number of amides is 1. The Morgan fingerprint density at radius 1 is 1.29 bits per heavy atom. The summed E-state index contributed by atoms with van der Waals surface area (Å²) in [6, 6.07) is 7.88. The number of aliphatic carboxylic acids is 1. The Balaban J connectivity index is 2.09. The number of rotatable bonds is 5. The highest BCUT2D eigenvalue weighted by atomic mass is 16.4. The number of hydrogen-bond donors (Lipinski definition) is 3. The molecule has 7 nitrogen and oxygen atoms in total. The second-order valence-electron chi connectivity index (χ2n) is 4.35. The molecule has 1 atom stereocenters. The zero-order valence-corrected chi connectivity index (χ0v) is 10.9. The van der Waals surface area contributed by atoms with Gasteiger partial charge in [-0.3, -0.25) is 9.59 Å². The van der Waals surface area contributed by atoms with Gasteiger partial charge in [-0.25, -0.2) is 9.78 Å². The van der Waals surface area contributed by atoms with Gasteiger partial charge in [-0.15, -0.1) is 0 Å². The highest BCUT2D eigenvalue weighted by Crippen LogP contribution is 2.04. The maximum Gasteiger partial charge on any atom is 0.326 e. The summed E-state index contributed by atoms with van der Waals surface area (Å²) in [5.74, 6) is -1.80. The molecule has 0 aliphatic carbocycles. The van der Waals surface area contributed by atoms with Gasteiger partial charge in [0.05, 0.1) is 6.20 Å². The Bertz CT molecular complexity index is 676. The van der Waals surface area contributed by atoms with Gasteiger partial charge in [0, 0.05) is 12.6 Å². The molecule has 0 saturated carbocycles. The van der Waals surface area contributed by atoms with Crippen molar-refractivity contribution < 1.29 is 14.7 Å². The van der Waals surface area contributed by atoms with Crippen LogP contribution in [0.3, 0.4) is 0 Å². The van der Waals surface area contributed by atoms with E-state index in [1.54, 1.807) is 24.3 Å². The van der Waals surface area contributed by atoms with Gasteiger partial charge in [-0.1, -0.05) is 30.3 Å². The summed E-state index contributed by atoms with van der Waals surface area (Å²) in [6.45, 7) is 0. The van der Waals surface area contributed by atoms with Gasteiger partial charge >= 0.3 is 5.97 Å². The van der Waals surface area contributed by atoms with Gasteiger partial charge in [0.1, 0.15) is 11.7 Å². The number of benzene rings is 1. The van der Waals surface area contributed by atoms with E-state index in [0.29, 0.717) is 0 Å². The van der Waals surface area contributed by atoms with Crippen LogP contribution >= 0.6 is 0 Å². The van der Waals surface area contributed by atoms with Gasteiger partial charge in [0.25, 0.3) is 11.5 Å². The monoisotopic (exact) mass is 287 g/mol. The quantitative estimate of drug-likeness (QED) is 0.727. The molecule has 0 radical (unpaired) electrons. The molecule has 0 aliphatic heterocycles. The molecule has 1 amide bonds. The number of carbonyl (C=O) groups excluding carboxylic acids is 1. The molecule has 108 valence electrons. The third-order valence-corrected chi connectivity index (χ3v) is 2.79. The van der Waals surface area contributed by atoms with Crippen molar-refractivity contribution in [1.29, 1.82) is 0 Å². The van der Waals surface area contributed by atoms with Crippen LogP contribution in [0, 0.1) is 0 Å². The number of H-pyrrole nitrogens is 1. The molecule has 2 aromatic rings. The third kappa shape index (κ3) is 4.00. The molecule has 1 heterocycles. The average Bonchev–Trinajstić information content (AvgIpc) is 2.48. The molecule has 0 saturated heterocycles. The number of carbonyl (C=O) groups is 2. The molecular weight excluding hydrogens is 274 g/mol. The predicted molar refractivity (Wildman–Crippen MR) is 73.9 cm³/mol. The van der Waals surface area contributed by atoms with Crippen molar-refractivity contribution in [2.45, 2.75) is 12.5 Å². The van der Waals surface area contributed by atoms with E-state index in [4.69, 9.17) is 0 Å². The molecule has 2 rings (SSSR count). The molecule has 1 aromatic carbocycles.